The molecule has 0 bridgehead atoms. The fourth-order valence-corrected chi connectivity index (χ4v) is 17.1. The highest BCUT2D eigenvalue weighted by atomic mass is 32.3. The molecule has 8 fully saturated rings. The predicted molar refractivity (Wildman–Crippen MR) is 272 cm³/mol. The molecule has 5 heterocycles. The van der Waals surface area contributed by atoms with Gasteiger partial charge in [-0.15, -0.1) is 0 Å². The fourth-order valence-electron chi connectivity index (χ4n) is 16.1. The number of fused-ring (bicyclic) bond motifs is 4. The summed E-state index contributed by atoms with van der Waals surface area (Å²) in [5.41, 5.74) is -3.38. The first kappa shape index (κ1) is 65.1. The highest BCUT2D eigenvalue weighted by molar-refractivity contribution is 7.81. The van der Waals surface area contributed by atoms with Gasteiger partial charge in [0, 0.05) is 31.8 Å². The van der Waals surface area contributed by atoms with Crippen LogP contribution in [0.3, 0.4) is 0 Å². The van der Waals surface area contributed by atoms with Crippen LogP contribution in [-0.4, -0.2) is 228 Å². The monoisotopic (exact) mass is 1230 g/mol. The van der Waals surface area contributed by atoms with Crippen molar-refractivity contribution < 1.29 is 132 Å². The molecule has 26 atom stereocenters. The topological polar surface area (TPSA) is 418 Å². The lowest BCUT2D eigenvalue weighted by Crippen LogP contribution is -2.66. The minimum Gasteiger partial charge on any atom is -0.726 e. The molecule has 0 aromatic carbocycles. The number of ether oxygens (including phenoxy) is 10. The van der Waals surface area contributed by atoms with E-state index in [9.17, 15) is 76.1 Å². The van der Waals surface area contributed by atoms with Crippen molar-refractivity contribution in [2.45, 2.75) is 229 Å². The number of carbonyl (C=O) groups excluding carboxylic acids is 3. The molecule has 0 aromatic rings. The lowest BCUT2D eigenvalue weighted by Gasteiger charge is -2.63. The Bertz CT molecular complexity index is 2670. The summed E-state index contributed by atoms with van der Waals surface area (Å²) in [6, 6.07) is 0. The number of Topliss-reactive ketones (excluding diaryl/α,β-unsaturated/α-hetero) is 2. The molecule has 5 saturated heterocycles. The Hall–Kier alpha value is -2.35. The van der Waals surface area contributed by atoms with E-state index in [1.54, 1.807) is 6.92 Å². The summed E-state index contributed by atoms with van der Waals surface area (Å²) in [6.07, 6.45) is -28.6. The minimum absolute atomic E-state index is 0.0438. The van der Waals surface area contributed by atoms with Crippen molar-refractivity contribution in [1.29, 1.82) is 0 Å². The first-order chi connectivity index (χ1) is 38.5. The average molecular weight is 1230 g/mol. The summed E-state index contributed by atoms with van der Waals surface area (Å²) < 4.78 is 140. The lowest BCUT2D eigenvalue weighted by atomic mass is 9.41. The second-order valence-corrected chi connectivity index (χ2v) is 27.8. The molecule has 474 valence electrons. The van der Waals surface area contributed by atoms with Crippen LogP contribution in [0.5, 0.6) is 0 Å². The van der Waals surface area contributed by atoms with Crippen LogP contribution in [-0.2, 0) is 90.9 Å². The van der Waals surface area contributed by atoms with E-state index in [2.05, 4.69) is 17.2 Å². The second-order valence-electron chi connectivity index (χ2n) is 25.8. The maximum absolute atomic E-state index is 14.4. The maximum Gasteiger partial charge on any atom is 0.314 e. The summed E-state index contributed by atoms with van der Waals surface area (Å²) in [4.78, 5) is 42.0. The number of allylic oxidation sites excluding steroid dienone is 2. The lowest BCUT2D eigenvalue weighted by molar-refractivity contribution is -0.381. The second kappa shape index (κ2) is 23.5. The molecule has 83 heavy (non-hydrogen) atoms. The highest BCUT2D eigenvalue weighted by Gasteiger charge is 2.79. The van der Waals surface area contributed by atoms with E-state index < -0.39 is 196 Å². The van der Waals surface area contributed by atoms with E-state index in [1.807, 2.05) is 34.6 Å². The molecule has 9 aliphatic rings. The SMILES string of the molecule is COC1C(O)[C@H](OC2C(OS(=O)(=O)[O-])[C@H](O[C@@H]3C(C)O[C@@H](OC4C(O)[C@H](OS(=O)(=O)[O-])CO[C@H]4O[C@H]4CC[C@]5(C)C6CCC78C(=O)O[C@@](C)(CC(=O)CC(C)C)[C@H]7C(=O)C[C@@]8(C)C6=CC[C@H]5C4(C)C)C(O)C3O)OC[C@H]2O)OC(CO)[C@H]1O. The summed E-state index contributed by atoms with van der Waals surface area (Å²) in [5.74, 6) is -1.47. The van der Waals surface area contributed by atoms with E-state index >= 15 is 0 Å². The van der Waals surface area contributed by atoms with Crippen LogP contribution in [0, 0.1) is 45.3 Å². The molecule has 0 amide bonds. The molecule has 5 aliphatic heterocycles. The third-order valence-electron chi connectivity index (χ3n) is 19.8. The van der Waals surface area contributed by atoms with Gasteiger partial charge in [-0.2, -0.15) is 0 Å². The van der Waals surface area contributed by atoms with Crippen LogP contribution in [0.1, 0.15) is 107 Å². The van der Waals surface area contributed by atoms with Crippen molar-refractivity contribution in [3.8, 4) is 0 Å². The van der Waals surface area contributed by atoms with Gasteiger partial charge in [0.1, 0.15) is 90.4 Å². The van der Waals surface area contributed by atoms with Crippen molar-refractivity contribution in [2.75, 3.05) is 26.9 Å². The van der Waals surface area contributed by atoms with Gasteiger partial charge < -0.3 is 92.2 Å². The zero-order valence-electron chi connectivity index (χ0n) is 47.7. The number of rotatable bonds is 18. The zero-order chi connectivity index (χ0) is 61.1. The molecule has 7 N–H and O–H groups in total. The molecular weight excluding hydrogens is 1150 g/mol. The molecule has 9 rings (SSSR count). The van der Waals surface area contributed by atoms with Gasteiger partial charge >= 0.3 is 5.97 Å². The zero-order valence-corrected chi connectivity index (χ0v) is 49.3. The average Bonchev–Trinajstić information content (AvgIpc) is 1.58. The molecular formula is C53H80O28S2-2. The Morgan fingerprint density at radius 3 is 2.01 bits per heavy atom. The summed E-state index contributed by atoms with van der Waals surface area (Å²) in [5, 5.41) is 77.3. The van der Waals surface area contributed by atoms with Gasteiger partial charge in [0.15, 0.2) is 31.3 Å². The number of aliphatic hydroxyl groups excluding tert-OH is 7. The molecule has 1 spiro atoms. The quantitative estimate of drug-likeness (QED) is 0.0361. The highest BCUT2D eigenvalue weighted by Crippen LogP contribution is 2.75. The van der Waals surface area contributed by atoms with Gasteiger partial charge in [0.25, 0.3) is 0 Å². The molecule has 0 radical (unpaired) electrons. The van der Waals surface area contributed by atoms with Crippen LogP contribution in [0.2, 0.25) is 0 Å². The van der Waals surface area contributed by atoms with Crippen molar-refractivity contribution in [1.82, 2.24) is 0 Å². The van der Waals surface area contributed by atoms with Crippen LogP contribution >= 0.6 is 0 Å². The van der Waals surface area contributed by atoms with E-state index in [1.165, 1.54) is 6.92 Å². The number of aliphatic hydroxyl groups is 7. The Kier molecular flexibility index (Phi) is 18.5. The molecule has 12 unspecified atom stereocenters. The molecule has 28 nitrogen and oxygen atoms in total. The van der Waals surface area contributed by atoms with Crippen LogP contribution < -0.4 is 0 Å². The Morgan fingerprint density at radius 2 is 1.37 bits per heavy atom. The number of carbonyl (C=O) groups is 3. The summed E-state index contributed by atoms with van der Waals surface area (Å²) in [6.45, 7) is 12.9. The Labute approximate surface area is 481 Å². The van der Waals surface area contributed by atoms with E-state index in [4.69, 9.17) is 51.6 Å². The first-order valence-corrected chi connectivity index (χ1v) is 30.9. The number of esters is 1. The largest absolute Gasteiger partial charge is 0.726 e. The third-order valence-corrected chi connectivity index (χ3v) is 20.8. The van der Waals surface area contributed by atoms with Gasteiger partial charge in [-0.1, -0.05) is 53.2 Å². The van der Waals surface area contributed by atoms with Crippen molar-refractivity contribution in [3.05, 3.63) is 11.6 Å². The number of methoxy groups -OCH3 is 1. The first-order valence-electron chi connectivity index (χ1n) is 28.2. The third kappa shape index (κ3) is 11.7. The smallest absolute Gasteiger partial charge is 0.314 e. The maximum atomic E-state index is 14.4. The van der Waals surface area contributed by atoms with E-state index in [0.29, 0.717) is 38.5 Å². The molecule has 0 aromatic heterocycles. The Morgan fingerprint density at radius 1 is 0.747 bits per heavy atom. The van der Waals surface area contributed by atoms with Crippen molar-refractivity contribution >= 4 is 38.3 Å². The predicted octanol–water partition coefficient (Wildman–Crippen LogP) is -1.34. The van der Waals surface area contributed by atoms with Crippen LogP contribution in [0.4, 0.5) is 0 Å². The Balaban J connectivity index is 0.918. The van der Waals surface area contributed by atoms with Crippen LogP contribution in [0.25, 0.3) is 0 Å². The van der Waals surface area contributed by atoms with Gasteiger partial charge in [0.2, 0.25) is 20.8 Å². The number of hydrogen-bond acceptors (Lipinski definition) is 28. The van der Waals surface area contributed by atoms with E-state index in [-0.39, 0.29) is 42.2 Å². The van der Waals surface area contributed by atoms with E-state index in [0.717, 1.165) is 12.7 Å². The van der Waals surface area contributed by atoms with Crippen molar-refractivity contribution in [3.63, 3.8) is 0 Å². The van der Waals surface area contributed by atoms with Gasteiger partial charge in [-0.3, -0.25) is 22.7 Å². The van der Waals surface area contributed by atoms with Gasteiger partial charge in [-0.25, -0.2) is 16.8 Å². The minimum atomic E-state index is -5.71. The van der Waals surface area contributed by atoms with Gasteiger partial charge in [0.05, 0.1) is 43.4 Å². The molecule has 3 saturated carbocycles. The number of hydrogen-bond donors (Lipinski definition) is 7. The molecule has 4 aliphatic carbocycles. The normalized spacial score (nSPS) is 48.2. The standard InChI is InChI=1S/C53H82O28S2/c1-22(2)16-24(55)17-52(8)43-27(56)18-51(7)26-10-11-31-49(4,5)32(13-14-50(31,6)25(26)12-15-53(43,51)48(63)79-52)75-46-41(34(59)30(21-72-46)80-82(64,65)66)78-44-36(61)35(60)38(23(3)73-44)76-47-42(81-83(67,68)69)39(28(57)20-71-47)77-45-37(62)40(70-9)33(58)29(19-54)74-45/h10,22-23,25,28-47,54,57-62H,11-21H2,1-9H3,(H,64,65,66)(H,67,68,69)/p-2/t23?,25?,28-,29?,30-,31+,32+,33-,34?,35?,36?,37?,38-,39?,40?,41?,42?,43-,44+,45+,46+,47+,50-,51+,52+,53?/m1/s1. The number of ketones is 2. The van der Waals surface area contributed by atoms with Gasteiger partial charge in [-0.05, 0) is 74.5 Å². The van der Waals surface area contributed by atoms with Crippen LogP contribution in [0.15, 0.2) is 11.6 Å². The molecule has 30 heteroatoms. The summed E-state index contributed by atoms with van der Waals surface area (Å²) >= 11 is 0. The fraction of sp³-hybridized carbons (Fsp3) is 0.906. The number of cyclic esters (lactones) is 1. The van der Waals surface area contributed by atoms with Crippen molar-refractivity contribution in [2.24, 2.45) is 45.3 Å². The summed E-state index contributed by atoms with van der Waals surface area (Å²) in [7, 11) is -10.1.